The zero-order valence-corrected chi connectivity index (χ0v) is 29.4. The summed E-state index contributed by atoms with van der Waals surface area (Å²) in [5.41, 5.74) is 5.17. The molecule has 0 amide bonds. The molecule has 0 saturated carbocycles. The van der Waals surface area contributed by atoms with Gasteiger partial charge in [-0.3, -0.25) is 0 Å². The van der Waals surface area contributed by atoms with Gasteiger partial charge in [0.2, 0.25) is 0 Å². The molecule has 0 aliphatic heterocycles. The molecule has 0 saturated heterocycles. The summed E-state index contributed by atoms with van der Waals surface area (Å²) in [6.45, 7) is 2.68. The summed E-state index contributed by atoms with van der Waals surface area (Å²) in [4.78, 5) is 0. The molecule has 6 rings (SSSR count). The Morgan fingerprint density at radius 2 is 0.633 bits per heavy atom. The van der Waals surface area contributed by atoms with Gasteiger partial charge >= 0.3 is 0 Å². The van der Waals surface area contributed by atoms with Gasteiger partial charge in [-0.15, -0.1) is 0 Å². The smallest absolute Gasteiger partial charge is 0.118 e. The van der Waals surface area contributed by atoms with Crippen molar-refractivity contribution in [2.45, 2.75) is 38.1 Å². The minimum Gasteiger partial charge on any atom is -0.376 e. The molecule has 0 aromatic heterocycles. The van der Waals surface area contributed by atoms with Crippen LogP contribution >= 0.6 is 0 Å². The number of hydrogen-bond donors (Lipinski definition) is 0. The van der Waals surface area contributed by atoms with Crippen molar-refractivity contribution in [1.82, 2.24) is 0 Å². The Balaban J connectivity index is 1.36. The van der Waals surface area contributed by atoms with Crippen LogP contribution in [0.3, 0.4) is 0 Å². The highest BCUT2D eigenvalue weighted by atomic mass is 28.3. The fraction of sp³-hybridized carbons (Fsp3) is 0.217. The average Bonchev–Trinajstić information content (AvgIpc) is 3.17. The first-order chi connectivity index (χ1) is 24.3. The first-order valence-corrected chi connectivity index (χ1v) is 20.1. The van der Waals surface area contributed by atoms with E-state index in [1.165, 1.54) is 32.6 Å². The molecule has 0 unspecified atom stereocenters. The van der Waals surface area contributed by atoms with E-state index in [-0.39, 0.29) is 0 Å². The molecule has 0 fully saturated rings. The topological polar surface area (TPSA) is 18.5 Å². The number of ether oxygens (including phenoxy) is 2. The highest BCUT2D eigenvalue weighted by Crippen LogP contribution is 2.31. The molecule has 2 atom stereocenters. The van der Waals surface area contributed by atoms with Gasteiger partial charge < -0.3 is 9.47 Å². The van der Waals surface area contributed by atoms with E-state index in [1.807, 2.05) is 0 Å². The van der Waals surface area contributed by atoms with Crippen LogP contribution in [0.2, 0.25) is 12.1 Å². The predicted molar refractivity (Wildman–Crippen MR) is 207 cm³/mol. The Morgan fingerprint density at radius 3 is 0.959 bits per heavy atom. The summed E-state index contributed by atoms with van der Waals surface area (Å²) in [5.74, 6) is 0.696. The summed E-state index contributed by atoms with van der Waals surface area (Å²) in [6.07, 6.45) is 1.97. The van der Waals surface area contributed by atoms with E-state index in [1.54, 1.807) is 0 Å². The van der Waals surface area contributed by atoms with E-state index >= 15 is 0 Å². The van der Waals surface area contributed by atoms with Gasteiger partial charge in [-0.25, -0.2) is 0 Å². The van der Waals surface area contributed by atoms with Crippen LogP contribution in [-0.2, 0) is 35.5 Å². The molecule has 0 N–H and O–H groups in total. The third kappa shape index (κ3) is 10.2. The van der Waals surface area contributed by atoms with Crippen molar-refractivity contribution >= 4 is 18.4 Å². The second-order valence-corrected chi connectivity index (χ2v) is 17.5. The summed E-state index contributed by atoms with van der Waals surface area (Å²) in [5, 5.41) is 2.98. The lowest BCUT2D eigenvalue weighted by molar-refractivity contribution is 0.0894. The van der Waals surface area contributed by atoms with Crippen molar-refractivity contribution in [1.29, 1.82) is 0 Å². The van der Waals surface area contributed by atoms with Crippen molar-refractivity contribution in [3.63, 3.8) is 0 Å². The van der Waals surface area contributed by atoms with Gasteiger partial charge in [0.25, 0.3) is 0 Å². The van der Waals surface area contributed by atoms with Crippen molar-refractivity contribution < 1.29 is 9.47 Å². The quantitative estimate of drug-likeness (QED) is 0.0856. The zero-order valence-electron chi connectivity index (χ0n) is 28.4. The van der Waals surface area contributed by atoms with Gasteiger partial charge in [0.05, 0.1) is 13.2 Å². The SMILES string of the molecule is c1ccc(COC[C@H](Cc2ccccc2)C[Si](C[C@H](COCc2ccccc2)Cc2ccccc2)(c2ccccc2)c2ccccc2)cc1. The Labute approximate surface area is 294 Å². The van der Waals surface area contributed by atoms with E-state index in [2.05, 4.69) is 182 Å². The predicted octanol–water partition coefficient (Wildman–Crippen LogP) is 9.40. The normalized spacial score (nSPS) is 12.7. The Kier molecular flexibility index (Phi) is 12.8. The first kappa shape index (κ1) is 34.3. The zero-order chi connectivity index (χ0) is 33.4. The van der Waals surface area contributed by atoms with Crippen LogP contribution in [0.4, 0.5) is 0 Å². The Hall–Kier alpha value is -4.54. The van der Waals surface area contributed by atoms with Crippen LogP contribution in [-0.4, -0.2) is 21.3 Å². The van der Waals surface area contributed by atoms with Crippen LogP contribution in [0.5, 0.6) is 0 Å². The van der Waals surface area contributed by atoms with E-state index in [9.17, 15) is 0 Å². The Morgan fingerprint density at radius 1 is 0.347 bits per heavy atom. The third-order valence-corrected chi connectivity index (χ3v) is 15.0. The molecule has 0 bridgehead atoms. The first-order valence-electron chi connectivity index (χ1n) is 17.7. The lowest BCUT2D eigenvalue weighted by atomic mass is 10.0. The van der Waals surface area contributed by atoms with Crippen LogP contribution < -0.4 is 10.4 Å². The fourth-order valence-corrected chi connectivity index (χ4v) is 12.9. The fourth-order valence-electron chi connectivity index (χ4n) is 7.33. The average molecular weight is 661 g/mol. The van der Waals surface area contributed by atoms with Crippen LogP contribution in [0.1, 0.15) is 22.3 Å². The molecule has 0 aliphatic carbocycles. The number of rotatable bonds is 18. The van der Waals surface area contributed by atoms with Gasteiger partial charge in [-0.1, -0.05) is 192 Å². The minimum atomic E-state index is -2.40. The summed E-state index contributed by atoms with van der Waals surface area (Å²) < 4.78 is 13.2. The van der Waals surface area contributed by atoms with E-state index < -0.39 is 8.07 Å². The van der Waals surface area contributed by atoms with E-state index in [4.69, 9.17) is 9.47 Å². The molecule has 49 heavy (non-hydrogen) atoms. The maximum atomic E-state index is 6.58. The third-order valence-electron chi connectivity index (χ3n) is 9.59. The van der Waals surface area contributed by atoms with E-state index in [0.29, 0.717) is 38.3 Å². The van der Waals surface area contributed by atoms with Crippen molar-refractivity contribution in [2.24, 2.45) is 11.8 Å². The van der Waals surface area contributed by atoms with Crippen molar-refractivity contribution in [3.05, 3.63) is 204 Å². The molecular weight excluding hydrogens is 613 g/mol. The lowest BCUT2D eigenvalue weighted by Crippen LogP contribution is -2.60. The molecule has 0 heterocycles. The molecule has 248 valence electrons. The highest BCUT2D eigenvalue weighted by Gasteiger charge is 2.41. The summed E-state index contributed by atoms with van der Waals surface area (Å²) >= 11 is 0. The molecular formula is C46H48O2Si. The lowest BCUT2D eigenvalue weighted by Gasteiger charge is -2.39. The molecule has 6 aromatic rings. The molecule has 6 aromatic carbocycles. The second-order valence-electron chi connectivity index (χ2n) is 13.3. The maximum absolute atomic E-state index is 6.58. The van der Waals surface area contributed by atoms with Crippen LogP contribution in [0.15, 0.2) is 182 Å². The minimum absolute atomic E-state index is 0.348. The monoisotopic (exact) mass is 660 g/mol. The Bertz CT molecular complexity index is 1610. The van der Waals surface area contributed by atoms with Gasteiger partial charge in [0, 0.05) is 13.2 Å². The number of benzene rings is 6. The molecule has 2 nitrogen and oxygen atoms in total. The summed E-state index contributed by atoms with van der Waals surface area (Å²) in [6, 6.07) is 68.1. The molecule has 0 spiro atoms. The largest absolute Gasteiger partial charge is 0.376 e. The van der Waals surface area contributed by atoms with Crippen LogP contribution in [0, 0.1) is 11.8 Å². The van der Waals surface area contributed by atoms with Gasteiger partial charge in [0.15, 0.2) is 0 Å². The van der Waals surface area contributed by atoms with Crippen molar-refractivity contribution in [3.8, 4) is 0 Å². The van der Waals surface area contributed by atoms with Gasteiger partial charge in [-0.2, -0.15) is 0 Å². The standard InChI is InChI=1S/C46H48O2Si/c1-7-19-39(20-8-1)31-43(35-47-33-41-23-11-3-12-24-41)37-49(45-27-15-5-16-28-45,46-29-17-6-18-30-46)38-44(32-40-21-9-2-10-22-40)36-48-34-42-25-13-4-14-26-42/h1-30,43-44H,31-38H2/t43-,44-/m0/s1. The molecule has 3 heteroatoms. The van der Waals surface area contributed by atoms with E-state index in [0.717, 1.165) is 24.9 Å². The van der Waals surface area contributed by atoms with Crippen LogP contribution in [0.25, 0.3) is 0 Å². The van der Waals surface area contributed by atoms with Gasteiger partial charge in [-0.05, 0) is 59.0 Å². The summed E-state index contributed by atoms with van der Waals surface area (Å²) in [7, 11) is -2.40. The highest BCUT2D eigenvalue weighted by molar-refractivity contribution is 7.02. The molecule has 0 radical (unpaired) electrons. The maximum Gasteiger partial charge on any atom is 0.118 e. The number of hydrogen-bond acceptors (Lipinski definition) is 2. The molecule has 0 aliphatic rings. The second kappa shape index (κ2) is 18.3. The van der Waals surface area contributed by atoms with Crippen molar-refractivity contribution in [2.75, 3.05) is 13.2 Å². The van der Waals surface area contributed by atoms with Gasteiger partial charge in [0.1, 0.15) is 8.07 Å².